The van der Waals surface area contributed by atoms with Crippen LogP contribution in [0.25, 0.3) is 0 Å². The average molecular weight is 499 g/mol. The zero-order chi connectivity index (χ0) is 26.2. The molecule has 0 bridgehead atoms. The van der Waals surface area contributed by atoms with Crippen LogP contribution in [-0.2, 0) is 14.4 Å². The summed E-state index contributed by atoms with van der Waals surface area (Å²) in [6.45, 7) is 8.48. The first-order valence-corrected chi connectivity index (χ1v) is 13.4. The van der Waals surface area contributed by atoms with Crippen LogP contribution >= 0.6 is 0 Å². The molecular formula is C28H42N4O4. The Morgan fingerprint density at radius 3 is 2.31 bits per heavy atom. The summed E-state index contributed by atoms with van der Waals surface area (Å²) in [7, 11) is 1.60. The van der Waals surface area contributed by atoms with Crippen molar-refractivity contribution in [2.45, 2.75) is 52.5 Å². The molecule has 1 aromatic carbocycles. The van der Waals surface area contributed by atoms with Gasteiger partial charge in [-0.05, 0) is 63.3 Å². The van der Waals surface area contributed by atoms with Gasteiger partial charge in [-0.25, -0.2) is 0 Å². The van der Waals surface area contributed by atoms with Crippen LogP contribution in [0.3, 0.4) is 0 Å². The zero-order valence-electron chi connectivity index (χ0n) is 22.1. The number of benzene rings is 1. The molecule has 3 amide bonds. The molecule has 1 aromatic rings. The Morgan fingerprint density at radius 1 is 1.03 bits per heavy atom. The van der Waals surface area contributed by atoms with Crippen molar-refractivity contribution in [3.05, 3.63) is 36.4 Å². The van der Waals surface area contributed by atoms with Gasteiger partial charge in [0.1, 0.15) is 6.04 Å². The smallest absolute Gasteiger partial charge is 0.247 e. The van der Waals surface area contributed by atoms with Gasteiger partial charge < -0.3 is 25.5 Å². The summed E-state index contributed by atoms with van der Waals surface area (Å²) >= 11 is 0. The first-order valence-electron chi connectivity index (χ1n) is 13.4. The molecule has 3 rings (SSSR count). The van der Waals surface area contributed by atoms with Gasteiger partial charge in [0, 0.05) is 50.6 Å². The Kier molecular flexibility index (Phi) is 9.93. The van der Waals surface area contributed by atoms with E-state index in [1.807, 2.05) is 36.4 Å². The Labute approximate surface area is 215 Å². The molecule has 1 fully saturated rings. The maximum Gasteiger partial charge on any atom is 0.247 e. The summed E-state index contributed by atoms with van der Waals surface area (Å²) in [4.78, 5) is 44.2. The number of nitrogens with one attached hydrogen (secondary N) is 2. The minimum absolute atomic E-state index is 0.0317. The molecule has 8 heteroatoms. The first kappa shape index (κ1) is 27.7. The summed E-state index contributed by atoms with van der Waals surface area (Å²) in [5.41, 5.74) is 1.76. The van der Waals surface area contributed by atoms with Crippen molar-refractivity contribution in [2.24, 2.45) is 23.7 Å². The van der Waals surface area contributed by atoms with E-state index in [4.69, 9.17) is 0 Å². The Balaban J connectivity index is 1.89. The molecule has 2 aliphatic rings. The van der Waals surface area contributed by atoms with Crippen molar-refractivity contribution in [3.63, 3.8) is 0 Å². The molecule has 198 valence electrons. The van der Waals surface area contributed by atoms with Crippen LogP contribution in [0, 0.1) is 23.7 Å². The fourth-order valence-corrected chi connectivity index (χ4v) is 5.83. The van der Waals surface area contributed by atoms with E-state index >= 15 is 0 Å². The van der Waals surface area contributed by atoms with Gasteiger partial charge in [-0.2, -0.15) is 0 Å². The molecule has 0 unspecified atom stereocenters. The van der Waals surface area contributed by atoms with E-state index in [1.165, 1.54) is 0 Å². The second-order valence-corrected chi connectivity index (χ2v) is 9.70. The Bertz CT molecular complexity index is 928. The second-order valence-electron chi connectivity index (χ2n) is 9.70. The number of likely N-dealkylation sites (tertiary alicyclic amines) is 1. The number of rotatable bonds is 12. The number of hydrogen-bond donors (Lipinski definition) is 3. The number of anilines is 2. The third-order valence-corrected chi connectivity index (χ3v) is 7.62. The van der Waals surface area contributed by atoms with Gasteiger partial charge in [-0.15, -0.1) is 0 Å². The summed E-state index contributed by atoms with van der Waals surface area (Å²) in [5, 5.41) is 15.0. The molecule has 1 aliphatic heterocycles. The van der Waals surface area contributed by atoms with E-state index in [9.17, 15) is 19.5 Å². The van der Waals surface area contributed by atoms with Gasteiger partial charge in [0.25, 0.3) is 0 Å². The second kappa shape index (κ2) is 12.9. The van der Waals surface area contributed by atoms with Crippen molar-refractivity contribution >= 4 is 29.1 Å². The highest BCUT2D eigenvalue weighted by atomic mass is 16.3. The van der Waals surface area contributed by atoms with Crippen molar-refractivity contribution in [3.8, 4) is 0 Å². The van der Waals surface area contributed by atoms with Crippen molar-refractivity contribution in [2.75, 3.05) is 43.5 Å². The molecule has 0 saturated carbocycles. The van der Waals surface area contributed by atoms with Crippen LogP contribution in [0.1, 0.15) is 46.5 Å². The molecule has 36 heavy (non-hydrogen) atoms. The van der Waals surface area contributed by atoms with Crippen LogP contribution in [-0.4, -0.2) is 67.1 Å². The van der Waals surface area contributed by atoms with Gasteiger partial charge in [-0.1, -0.05) is 25.5 Å². The Hall–Kier alpha value is -2.87. The van der Waals surface area contributed by atoms with Crippen LogP contribution in [0.4, 0.5) is 11.4 Å². The zero-order valence-corrected chi connectivity index (χ0v) is 22.1. The van der Waals surface area contributed by atoms with Crippen LogP contribution in [0.2, 0.25) is 0 Å². The monoisotopic (exact) mass is 498 g/mol. The number of unbranched alkanes of at least 4 members (excludes halogenated alkanes) is 1. The lowest BCUT2D eigenvalue weighted by atomic mass is 9.68. The van der Waals surface area contributed by atoms with Gasteiger partial charge in [-0.3, -0.25) is 14.4 Å². The van der Waals surface area contributed by atoms with E-state index < -0.39 is 17.9 Å². The molecule has 8 nitrogen and oxygen atoms in total. The number of aliphatic hydroxyl groups excluding tert-OH is 1. The van der Waals surface area contributed by atoms with Gasteiger partial charge in [0.05, 0.1) is 11.8 Å². The number of amides is 3. The number of allylic oxidation sites excluding steroid dienone is 1. The normalized spacial score (nSPS) is 25.0. The largest absolute Gasteiger partial charge is 0.396 e. The third kappa shape index (κ3) is 5.75. The van der Waals surface area contributed by atoms with Crippen molar-refractivity contribution in [1.29, 1.82) is 0 Å². The quantitative estimate of drug-likeness (QED) is 0.304. The lowest BCUT2D eigenvalue weighted by Gasteiger charge is -2.34. The van der Waals surface area contributed by atoms with Crippen LogP contribution in [0.5, 0.6) is 0 Å². The third-order valence-electron chi connectivity index (χ3n) is 7.62. The van der Waals surface area contributed by atoms with E-state index in [2.05, 4.69) is 36.3 Å². The first-order chi connectivity index (χ1) is 17.4. The maximum absolute atomic E-state index is 13.7. The topological polar surface area (TPSA) is 102 Å². The fraction of sp³-hybridized carbons (Fsp3) is 0.607. The van der Waals surface area contributed by atoms with E-state index in [0.717, 1.165) is 31.6 Å². The minimum atomic E-state index is -0.699. The highest BCUT2D eigenvalue weighted by Crippen LogP contribution is 2.45. The van der Waals surface area contributed by atoms with Crippen molar-refractivity contribution in [1.82, 2.24) is 10.2 Å². The molecule has 3 N–H and O–H groups in total. The standard InChI is InChI=1S/C28H42N4O4/c1-5-10-19-11-16-22-24(23(19)26(34)29-4)28(36)32(17-8-9-18-33)25(22)27(35)30-20-12-14-21(15-13-20)31(6-2)7-3/h11-16,19,22-25,33H,5-10,17-18H2,1-4H3,(H,29,34)(H,30,35)/t19-,22+,23-,24+,25+/m1/s1. The number of hydrogen-bond acceptors (Lipinski definition) is 5. The minimum Gasteiger partial charge on any atom is -0.396 e. The van der Waals surface area contributed by atoms with E-state index in [0.29, 0.717) is 25.1 Å². The molecule has 1 heterocycles. The lowest BCUT2D eigenvalue weighted by Crippen LogP contribution is -2.45. The van der Waals surface area contributed by atoms with Crippen LogP contribution in [0.15, 0.2) is 36.4 Å². The number of aliphatic hydroxyl groups is 1. The van der Waals surface area contributed by atoms with E-state index in [-0.39, 0.29) is 36.2 Å². The van der Waals surface area contributed by atoms with Gasteiger partial charge in [0.2, 0.25) is 17.7 Å². The number of carbonyl (C=O) groups excluding carboxylic acids is 3. The summed E-state index contributed by atoms with van der Waals surface area (Å²) < 4.78 is 0. The molecule has 5 atom stereocenters. The highest BCUT2D eigenvalue weighted by Gasteiger charge is 2.56. The number of nitrogens with zero attached hydrogens (tertiary/aromatic N) is 2. The summed E-state index contributed by atoms with van der Waals surface area (Å²) in [6.07, 6.45) is 6.88. The number of fused-ring (bicyclic) bond motifs is 1. The number of carbonyl (C=O) groups is 3. The van der Waals surface area contributed by atoms with Crippen LogP contribution < -0.4 is 15.5 Å². The summed E-state index contributed by atoms with van der Waals surface area (Å²) in [6, 6.07) is 7.05. The molecule has 0 radical (unpaired) electrons. The Morgan fingerprint density at radius 2 is 1.72 bits per heavy atom. The highest BCUT2D eigenvalue weighted by molar-refractivity contribution is 6.02. The molecule has 0 aromatic heterocycles. The van der Waals surface area contributed by atoms with E-state index in [1.54, 1.807) is 11.9 Å². The van der Waals surface area contributed by atoms with Gasteiger partial charge in [0.15, 0.2) is 0 Å². The fourth-order valence-electron chi connectivity index (χ4n) is 5.83. The predicted molar refractivity (Wildman–Crippen MR) is 143 cm³/mol. The lowest BCUT2D eigenvalue weighted by molar-refractivity contribution is -0.140. The van der Waals surface area contributed by atoms with Gasteiger partial charge >= 0.3 is 0 Å². The molecule has 1 saturated heterocycles. The van der Waals surface area contributed by atoms with Crippen molar-refractivity contribution < 1.29 is 19.5 Å². The SMILES string of the molecule is CCC[C@@H]1C=C[C@H]2[C@H](C(=O)N(CCCCO)[C@@H]2C(=O)Nc2ccc(N(CC)CC)cc2)[C@@H]1C(=O)NC. The summed E-state index contributed by atoms with van der Waals surface area (Å²) in [5.74, 6) is -2.01. The molecule has 1 aliphatic carbocycles. The maximum atomic E-state index is 13.7. The molecular weight excluding hydrogens is 456 g/mol. The average Bonchev–Trinajstić information content (AvgIpc) is 3.17. The predicted octanol–water partition coefficient (Wildman–Crippen LogP) is 3.04. The molecule has 0 spiro atoms.